The zero-order valence-electron chi connectivity index (χ0n) is 16.1. The Hall–Kier alpha value is -1.39. The highest BCUT2D eigenvalue weighted by molar-refractivity contribution is 5.74. The minimum Gasteiger partial charge on any atom is -0.388 e. The van der Waals surface area contributed by atoms with Crippen molar-refractivity contribution in [2.75, 3.05) is 0 Å². The number of carbonyl (C=O) groups is 1. The molecule has 1 atom stereocenters. The maximum Gasteiger partial charge on any atom is 0.243 e. The molecule has 0 saturated heterocycles. The molecule has 26 heavy (non-hydrogen) atoms. The number of carbonyl (C=O) groups excluding carboxylic acids is 1. The van der Waals surface area contributed by atoms with Crippen LogP contribution < -0.4 is 5.48 Å². The zero-order chi connectivity index (χ0) is 18.8. The molecule has 0 bridgehead atoms. The van der Waals surface area contributed by atoms with E-state index < -0.39 is 6.10 Å². The van der Waals surface area contributed by atoms with E-state index in [1.165, 1.54) is 50.5 Å². The van der Waals surface area contributed by atoms with Gasteiger partial charge in [0.25, 0.3) is 0 Å². The smallest absolute Gasteiger partial charge is 0.243 e. The molecule has 4 heteroatoms. The minimum atomic E-state index is -0.481. The monoisotopic (exact) mass is 361 g/mol. The van der Waals surface area contributed by atoms with Gasteiger partial charge < -0.3 is 5.11 Å². The van der Waals surface area contributed by atoms with Crippen LogP contribution in [0.4, 0.5) is 0 Å². The van der Waals surface area contributed by atoms with Gasteiger partial charge in [0.2, 0.25) is 5.91 Å². The number of nitrogens with one attached hydrogen (secondary N) is 1. The molecule has 1 aliphatic rings. The van der Waals surface area contributed by atoms with Crippen molar-refractivity contribution in [1.82, 2.24) is 5.48 Å². The van der Waals surface area contributed by atoms with Crippen molar-refractivity contribution in [2.24, 2.45) is 5.92 Å². The maximum atomic E-state index is 11.0. The summed E-state index contributed by atoms with van der Waals surface area (Å²) in [6.45, 7) is 2.27. The first-order valence-electron chi connectivity index (χ1n) is 10.3. The molecule has 1 aromatic carbocycles. The molecule has 0 aromatic heterocycles. The quantitative estimate of drug-likeness (QED) is 0.303. The topological polar surface area (TPSA) is 69.6 Å². The van der Waals surface area contributed by atoms with Gasteiger partial charge in [0, 0.05) is 6.42 Å². The molecule has 1 aromatic rings. The molecule has 0 radical (unpaired) electrons. The van der Waals surface area contributed by atoms with Crippen LogP contribution in [0.2, 0.25) is 0 Å². The number of benzene rings is 1. The van der Waals surface area contributed by atoms with Gasteiger partial charge >= 0.3 is 0 Å². The van der Waals surface area contributed by atoms with Crippen molar-refractivity contribution in [3.63, 3.8) is 0 Å². The van der Waals surface area contributed by atoms with Crippen molar-refractivity contribution < 1.29 is 15.1 Å². The largest absolute Gasteiger partial charge is 0.388 e. The number of amides is 1. The number of rotatable bonds is 10. The maximum absolute atomic E-state index is 11.0. The second-order valence-corrected chi connectivity index (χ2v) is 7.82. The summed E-state index contributed by atoms with van der Waals surface area (Å²) >= 11 is 0. The summed E-state index contributed by atoms with van der Waals surface area (Å²) in [5.74, 6) is 1.24. The third-order valence-electron chi connectivity index (χ3n) is 5.86. The van der Waals surface area contributed by atoms with Crippen LogP contribution in [0.15, 0.2) is 24.3 Å². The summed E-state index contributed by atoms with van der Waals surface area (Å²) < 4.78 is 0. The molecule has 1 saturated carbocycles. The Morgan fingerprint density at radius 2 is 1.81 bits per heavy atom. The van der Waals surface area contributed by atoms with Crippen LogP contribution >= 0.6 is 0 Å². The molecule has 0 aliphatic heterocycles. The lowest BCUT2D eigenvalue weighted by Gasteiger charge is -2.29. The standard InChI is InChI=1S/C22H35NO3/c1-2-3-6-17-9-11-18(12-10-17)19-13-15-20(16-14-19)21(24)7-4-5-8-22(25)23-26/h13-18,21,24,26H,2-12H2,1H3,(H,23,25)/t17-,18-,21?. The molecule has 0 spiro atoms. The molecule has 1 aliphatic carbocycles. The van der Waals surface area contributed by atoms with Crippen LogP contribution in [-0.4, -0.2) is 16.2 Å². The fourth-order valence-corrected chi connectivity index (χ4v) is 4.11. The zero-order valence-corrected chi connectivity index (χ0v) is 16.1. The highest BCUT2D eigenvalue weighted by Gasteiger charge is 2.22. The lowest BCUT2D eigenvalue weighted by Crippen LogP contribution is -2.17. The van der Waals surface area contributed by atoms with E-state index in [1.54, 1.807) is 5.48 Å². The van der Waals surface area contributed by atoms with E-state index in [0.717, 1.165) is 17.9 Å². The molecule has 0 heterocycles. The third kappa shape index (κ3) is 6.73. The highest BCUT2D eigenvalue weighted by atomic mass is 16.5. The van der Waals surface area contributed by atoms with Gasteiger partial charge in [0.05, 0.1) is 6.10 Å². The van der Waals surface area contributed by atoms with Gasteiger partial charge in [-0.25, -0.2) is 5.48 Å². The minimum absolute atomic E-state index is 0.295. The molecular weight excluding hydrogens is 326 g/mol. The molecular formula is C22H35NO3. The predicted octanol–water partition coefficient (Wildman–Crippen LogP) is 5.25. The lowest BCUT2D eigenvalue weighted by molar-refractivity contribution is -0.129. The van der Waals surface area contributed by atoms with E-state index in [9.17, 15) is 9.90 Å². The molecule has 3 N–H and O–H groups in total. The fraction of sp³-hybridized carbons (Fsp3) is 0.682. The first-order chi connectivity index (χ1) is 12.6. The number of aliphatic hydroxyl groups is 1. The van der Waals surface area contributed by atoms with E-state index in [0.29, 0.717) is 25.2 Å². The first-order valence-corrected chi connectivity index (χ1v) is 10.3. The van der Waals surface area contributed by atoms with Gasteiger partial charge in [-0.2, -0.15) is 0 Å². The van der Waals surface area contributed by atoms with Crippen molar-refractivity contribution in [1.29, 1.82) is 0 Å². The third-order valence-corrected chi connectivity index (χ3v) is 5.86. The summed E-state index contributed by atoms with van der Waals surface area (Å²) in [5, 5.41) is 18.8. The Morgan fingerprint density at radius 3 is 2.42 bits per heavy atom. The second-order valence-electron chi connectivity index (χ2n) is 7.82. The summed E-state index contributed by atoms with van der Waals surface area (Å²) in [4.78, 5) is 11.0. The Bertz CT molecular complexity index is 521. The Labute approximate surface area is 158 Å². The molecule has 146 valence electrons. The van der Waals surface area contributed by atoms with Gasteiger partial charge in [-0.05, 0) is 61.5 Å². The van der Waals surface area contributed by atoms with Crippen LogP contribution in [0.1, 0.15) is 101 Å². The van der Waals surface area contributed by atoms with Crippen molar-refractivity contribution in [2.45, 2.75) is 89.6 Å². The predicted molar refractivity (Wildman–Crippen MR) is 104 cm³/mol. The second kappa shape index (κ2) is 11.3. The normalized spacial score (nSPS) is 21.3. The van der Waals surface area contributed by atoms with E-state index in [2.05, 4.69) is 31.2 Å². The molecule has 4 nitrogen and oxygen atoms in total. The van der Waals surface area contributed by atoms with E-state index in [4.69, 9.17) is 5.21 Å². The van der Waals surface area contributed by atoms with E-state index in [1.807, 2.05) is 0 Å². The lowest BCUT2D eigenvalue weighted by atomic mass is 9.77. The van der Waals surface area contributed by atoms with Crippen molar-refractivity contribution in [3.8, 4) is 0 Å². The van der Waals surface area contributed by atoms with Gasteiger partial charge in [0.15, 0.2) is 0 Å². The van der Waals surface area contributed by atoms with Crippen LogP contribution in [0.5, 0.6) is 0 Å². The van der Waals surface area contributed by atoms with Gasteiger partial charge in [-0.3, -0.25) is 10.0 Å². The number of aliphatic hydroxyl groups excluding tert-OH is 1. The number of hydroxylamine groups is 1. The number of unbranched alkanes of at least 4 members (excludes halogenated alkanes) is 2. The van der Waals surface area contributed by atoms with Crippen molar-refractivity contribution >= 4 is 5.91 Å². The molecule has 1 fully saturated rings. The number of hydrogen-bond acceptors (Lipinski definition) is 3. The van der Waals surface area contributed by atoms with Gasteiger partial charge in [-0.1, -0.05) is 56.9 Å². The molecule has 1 unspecified atom stereocenters. The van der Waals surface area contributed by atoms with Gasteiger partial charge in [-0.15, -0.1) is 0 Å². The Morgan fingerprint density at radius 1 is 1.12 bits per heavy atom. The Kier molecular flexibility index (Phi) is 9.13. The summed E-state index contributed by atoms with van der Waals surface area (Å²) in [5.41, 5.74) is 4.00. The molecule has 2 rings (SSSR count). The van der Waals surface area contributed by atoms with E-state index in [-0.39, 0.29) is 5.91 Å². The van der Waals surface area contributed by atoms with Crippen LogP contribution in [0.25, 0.3) is 0 Å². The average Bonchev–Trinajstić information content (AvgIpc) is 2.69. The Balaban J connectivity index is 1.74. The summed E-state index contributed by atoms with van der Waals surface area (Å²) in [7, 11) is 0. The first kappa shape index (κ1) is 20.9. The molecule has 1 amide bonds. The van der Waals surface area contributed by atoms with Crippen LogP contribution in [-0.2, 0) is 4.79 Å². The average molecular weight is 362 g/mol. The summed E-state index contributed by atoms with van der Waals surface area (Å²) in [6, 6.07) is 8.50. The van der Waals surface area contributed by atoms with Gasteiger partial charge in [0.1, 0.15) is 0 Å². The number of hydrogen-bond donors (Lipinski definition) is 3. The summed E-state index contributed by atoms with van der Waals surface area (Å²) in [6.07, 6.45) is 11.3. The highest BCUT2D eigenvalue weighted by Crippen LogP contribution is 2.38. The van der Waals surface area contributed by atoms with Crippen molar-refractivity contribution in [3.05, 3.63) is 35.4 Å². The van der Waals surface area contributed by atoms with Crippen LogP contribution in [0, 0.1) is 5.92 Å². The van der Waals surface area contributed by atoms with E-state index >= 15 is 0 Å². The van der Waals surface area contributed by atoms with Crippen LogP contribution in [0.3, 0.4) is 0 Å². The fourth-order valence-electron chi connectivity index (χ4n) is 4.11. The SMILES string of the molecule is CCCC[C@H]1CC[C@H](c2ccc(C(O)CCCCC(=O)NO)cc2)CC1.